The molecule has 0 aromatic heterocycles. The number of likely N-dealkylation sites (tertiary alicyclic amines) is 1. The molecule has 1 aromatic carbocycles. The van der Waals surface area contributed by atoms with E-state index in [0.717, 1.165) is 5.56 Å². The summed E-state index contributed by atoms with van der Waals surface area (Å²) in [5.41, 5.74) is -0.896. The molecule has 2 aliphatic heterocycles. The molecule has 58 heavy (non-hydrogen) atoms. The summed E-state index contributed by atoms with van der Waals surface area (Å²) in [6.07, 6.45) is 5.15. The molecule has 3 N–H and O–H groups in total. The van der Waals surface area contributed by atoms with Crippen molar-refractivity contribution >= 4 is 30.5 Å². The Morgan fingerprint density at radius 2 is 1.62 bits per heavy atom. The Morgan fingerprint density at radius 3 is 2.19 bits per heavy atom. The summed E-state index contributed by atoms with van der Waals surface area (Å²) >= 11 is 0. The van der Waals surface area contributed by atoms with Crippen LogP contribution in [0.2, 0.25) is 0 Å². The molecule has 2 saturated heterocycles. The average Bonchev–Trinajstić information content (AvgIpc) is 3.58. The average molecular weight is 814 g/mol. The van der Waals surface area contributed by atoms with Crippen LogP contribution in [-0.2, 0) is 35.0 Å². The first-order valence-electron chi connectivity index (χ1n) is 20.9. The van der Waals surface area contributed by atoms with Crippen molar-refractivity contribution in [1.29, 1.82) is 0 Å². The van der Waals surface area contributed by atoms with E-state index in [9.17, 15) is 29.2 Å². The molecule has 0 saturated carbocycles. The predicted molar refractivity (Wildman–Crippen MR) is 222 cm³/mol. The minimum atomic E-state index is -1.01. The zero-order chi connectivity index (χ0) is 43.4. The Kier molecular flexibility index (Phi) is 17.6. The molecule has 0 spiro atoms. The third kappa shape index (κ3) is 14.9. The molecule has 0 bridgehead atoms. The Labute approximate surface area is 346 Å². The second kappa shape index (κ2) is 21.2. The zero-order valence-electron chi connectivity index (χ0n) is 36.8. The first-order valence-corrected chi connectivity index (χ1v) is 20.9. The van der Waals surface area contributed by atoms with Crippen molar-refractivity contribution in [1.82, 2.24) is 25.5 Å². The minimum absolute atomic E-state index is 0.173. The van der Waals surface area contributed by atoms with E-state index in [4.69, 9.17) is 14.2 Å². The molecule has 4 amide bonds. The number of carbonyl (C=O) groups is 5. The maximum absolute atomic E-state index is 14.6. The van der Waals surface area contributed by atoms with Gasteiger partial charge in [0.25, 0.3) is 0 Å². The van der Waals surface area contributed by atoms with E-state index in [1.807, 2.05) is 70.2 Å². The van der Waals surface area contributed by atoms with E-state index in [1.54, 1.807) is 39.5 Å². The molecule has 14 nitrogen and oxygen atoms in total. The van der Waals surface area contributed by atoms with Crippen LogP contribution in [0, 0.1) is 11.8 Å². The van der Waals surface area contributed by atoms with Crippen LogP contribution in [0.1, 0.15) is 127 Å². The second-order valence-electron chi connectivity index (χ2n) is 18.7. The van der Waals surface area contributed by atoms with Crippen LogP contribution in [0.25, 0.3) is 0 Å². The van der Waals surface area contributed by atoms with Crippen LogP contribution in [-0.4, -0.2) is 111 Å². The van der Waals surface area contributed by atoms with E-state index < -0.39 is 71.2 Å². The Balaban J connectivity index is 1.80. The lowest BCUT2D eigenvalue weighted by Crippen LogP contribution is -2.60. The Hall–Kier alpha value is -4.17. The van der Waals surface area contributed by atoms with Gasteiger partial charge in [0.1, 0.15) is 23.9 Å². The summed E-state index contributed by atoms with van der Waals surface area (Å²) in [4.78, 5) is 69.9. The number of nitrogens with one attached hydrogen (secondary N) is 2. The lowest BCUT2D eigenvalue weighted by atomic mass is 9.80. The lowest BCUT2D eigenvalue weighted by Gasteiger charge is -2.50. The summed E-state index contributed by atoms with van der Waals surface area (Å²) < 4.78 is 16.9. The molecule has 2 fully saturated rings. The molecule has 0 aliphatic carbocycles. The van der Waals surface area contributed by atoms with E-state index in [-0.39, 0.29) is 24.8 Å². The van der Waals surface area contributed by atoms with Crippen molar-refractivity contribution in [2.75, 3.05) is 13.1 Å². The molecule has 1 aromatic rings. The van der Waals surface area contributed by atoms with E-state index in [2.05, 4.69) is 24.5 Å². The summed E-state index contributed by atoms with van der Waals surface area (Å²) in [5, 5.41) is 17.7. The van der Waals surface area contributed by atoms with Gasteiger partial charge in [0.05, 0.1) is 18.1 Å². The SMILES string of the molecule is CC(C)C[C@@H](/C=C/[C@H](Cc1ccccc1)C(=O)N1CCC[C@H]1N(C=O)[C@@H](CCCNC(=O)OC1CC(C)(C)N(O)C(C)(C)C1)C(=O)OC(C)C)NC(=O)OC(C)(C)C. The first-order chi connectivity index (χ1) is 27.0. The quantitative estimate of drug-likeness (QED) is 0.0463. The minimum Gasteiger partial charge on any atom is -0.461 e. The third-order valence-corrected chi connectivity index (χ3v) is 10.4. The van der Waals surface area contributed by atoms with Crippen LogP contribution in [0.3, 0.4) is 0 Å². The number of hydrogen-bond acceptors (Lipinski definition) is 10. The molecule has 2 aliphatic rings. The number of ether oxygens (including phenoxy) is 3. The van der Waals surface area contributed by atoms with Gasteiger partial charge in [-0.2, -0.15) is 5.06 Å². The number of hydroxylamine groups is 2. The van der Waals surface area contributed by atoms with Gasteiger partial charge in [-0.15, -0.1) is 0 Å². The van der Waals surface area contributed by atoms with Gasteiger partial charge in [-0.05, 0) is 112 Å². The second-order valence-corrected chi connectivity index (χ2v) is 18.7. The molecule has 3 rings (SSSR count). The molecule has 0 radical (unpaired) electrons. The van der Waals surface area contributed by atoms with E-state index in [0.29, 0.717) is 57.9 Å². The summed E-state index contributed by atoms with van der Waals surface area (Å²) in [5.74, 6) is -1.18. The van der Waals surface area contributed by atoms with Crippen LogP contribution in [0.15, 0.2) is 42.5 Å². The number of amides is 4. The Morgan fingerprint density at radius 1 is 0.983 bits per heavy atom. The fourth-order valence-electron chi connectivity index (χ4n) is 8.05. The summed E-state index contributed by atoms with van der Waals surface area (Å²) in [7, 11) is 0. The number of hydrogen-bond donors (Lipinski definition) is 3. The standard InChI is InChI=1S/C44H71N5O9/c1-30(2)25-34(46-41(54)58-42(5,6)7)22-21-33(26-32-17-13-12-14-18-32)38(51)47-24-16-20-37(47)48(29-50)36(39(52)56-31(3)4)19-15-23-45-40(53)57-35-27-43(8,9)49(55)44(10,11)28-35/h12-14,17-18,21-22,29-31,33-37,55H,15-16,19-20,23-28H2,1-11H3,(H,45,53)(H,46,54)/b22-21+/t33-,34-,36+,37-/m1/s1. The van der Waals surface area contributed by atoms with Gasteiger partial charge in [0.15, 0.2) is 0 Å². The van der Waals surface area contributed by atoms with Gasteiger partial charge in [0, 0.05) is 37.0 Å². The number of benzene rings is 1. The van der Waals surface area contributed by atoms with E-state index >= 15 is 0 Å². The smallest absolute Gasteiger partial charge is 0.408 e. The van der Waals surface area contributed by atoms with Gasteiger partial charge in [0.2, 0.25) is 12.3 Å². The fraction of sp³-hybridized carbons (Fsp3) is 0.705. The lowest BCUT2D eigenvalue weighted by molar-refractivity contribution is -0.256. The number of alkyl carbamates (subject to hydrolysis) is 2. The van der Waals surface area contributed by atoms with Crippen molar-refractivity contribution in [2.45, 2.75) is 175 Å². The third-order valence-electron chi connectivity index (χ3n) is 10.4. The van der Waals surface area contributed by atoms with Crippen molar-refractivity contribution in [3.8, 4) is 0 Å². The molecule has 2 heterocycles. The highest BCUT2D eigenvalue weighted by Gasteiger charge is 2.46. The highest BCUT2D eigenvalue weighted by Crippen LogP contribution is 2.38. The van der Waals surface area contributed by atoms with Crippen molar-refractivity contribution < 1.29 is 43.4 Å². The maximum Gasteiger partial charge on any atom is 0.408 e. The monoisotopic (exact) mass is 814 g/mol. The molecule has 326 valence electrons. The number of carbonyl (C=O) groups excluding carboxylic acids is 5. The number of piperidine rings is 1. The molecule has 4 atom stereocenters. The van der Waals surface area contributed by atoms with Crippen LogP contribution < -0.4 is 10.6 Å². The van der Waals surface area contributed by atoms with Gasteiger partial charge < -0.3 is 39.9 Å². The van der Waals surface area contributed by atoms with Crippen LogP contribution in [0.4, 0.5) is 9.59 Å². The largest absolute Gasteiger partial charge is 0.461 e. The van der Waals surface area contributed by atoms with Crippen molar-refractivity contribution in [3.05, 3.63) is 48.0 Å². The van der Waals surface area contributed by atoms with Crippen molar-refractivity contribution in [2.24, 2.45) is 11.8 Å². The van der Waals surface area contributed by atoms with Crippen LogP contribution >= 0.6 is 0 Å². The van der Waals surface area contributed by atoms with Crippen molar-refractivity contribution in [3.63, 3.8) is 0 Å². The molecule has 0 unspecified atom stereocenters. The summed E-state index contributed by atoms with van der Waals surface area (Å²) in [6, 6.07) is 8.25. The molecular formula is C44H71N5O9. The van der Waals surface area contributed by atoms with Crippen LogP contribution in [0.5, 0.6) is 0 Å². The normalized spacial score (nSPS) is 20.0. The van der Waals surface area contributed by atoms with E-state index in [1.165, 1.54) is 9.96 Å². The van der Waals surface area contributed by atoms with Gasteiger partial charge >= 0.3 is 18.2 Å². The number of esters is 1. The molecule has 14 heteroatoms. The zero-order valence-corrected chi connectivity index (χ0v) is 36.8. The Bertz CT molecular complexity index is 1520. The number of nitrogens with zero attached hydrogens (tertiary/aromatic N) is 3. The predicted octanol–water partition coefficient (Wildman–Crippen LogP) is 6.99. The maximum atomic E-state index is 14.6. The molecular weight excluding hydrogens is 743 g/mol. The van der Waals surface area contributed by atoms with Gasteiger partial charge in [-0.1, -0.05) is 56.3 Å². The first kappa shape index (κ1) is 48.2. The number of rotatable bonds is 18. The topological polar surface area (TPSA) is 167 Å². The fourth-order valence-corrected chi connectivity index (χ4v) is 8.05. The van der Waals surface area contributed by atoms with Gasteiger partial charge in [-0.3, -0.25) is 9.59 Å². The highest BCUT2D eigenvalue weighted by atomic mass is 16.6. The summed E-state index contributed by atoms with van der Waals surface area (Å²) in [6.45, 7) is 21.1. The highest BCUT2D eigenvalue weighted by molar-refractivity contribution is 5.83. The van der Waals surface area contributed by atoms with Gasteiger partial charge in [-0.25, -0.2) is 14.4 Å².